The van der Waals surface area contributed by atoms with Crippen molar-refractivity contribution in [1.29, 1.82) is 0 Å². The van der Waals surface area contributed by atoms with Crippen molar-refractivity contribution in [2.24, 2.45) is 5.92 Å². The Balaban J connectivity index is 1.92. The molecule has 0 aliphatic heterocycles. The second-order valence-electron chi connectivity index (χ2n) is 5.33. The zero-order valence-electron chi connectivity index (χ0n) is 11.0. The lowest BCUT2D eigenvalue weighted by Gasteiger charge is -2.07. The predicted molar refractivity (Wildman–Crippen MR) is 75.2 cm³/mol. The maximum absolute atomic E-state index is 11.5. The fourth-order valence-corrected chi connectivity index (χ4v) is 3.12. The zero-order chi connectivity index (χ0) is 14.1. The summed E-state index contributed by atoms with van der Waals surface area (Å²) >= 11 is 5.83. The van der Waals surface area contributed by atoms with E-state index in [1.165, 1.54) is 30.2 Å². The number of imidazole rings is 1. The Kier molecular flexibility index (Phi) is 3.61. The lowest BCUT2D eigenvalue weighted by Crippen LogP contribution is -2.08. The van der Waals surface area contributed by atoms with E-state index < -0.39 is 5.97 Å². The van der Waals surface area contributed by atoms with Crippen LogP contribution in [-0.2, 0) is 6.42 Å². The average Bonchev–Trinajstić information content (AvgIpc) is 3.02. The van der Waals surface area contributed by atoms with E-state index >= 15 is 0 Å². The molecule has 1 aliphatic rings. The molecule has 0 unspecified atom stereocenters. The maximum atomic E-state index is 11.5. The number of rotatable bonds is 4. The van der Waals surface area contributed by atoms with Gasteiger partial charge in [0.1, 0.15) is 5.15 Å². The highest BCUT2D eigenvalue weighted by atomic mass is 35.5. The van der Waals surface area contributed by atoms with E-state index in [-0.39, 0.29) is 10.8 Å². The van der Waals surface area contributed by atoms with Gasteiger partial charge >= 0.3 is 5.97 Å². The summed E-state index contributed by atoms with van der Waals surface area (Å²) in [5.41, 5.74) is 1.29. The number of halogens is 1. The number of carbonyl (C=O) groups is 1. The van der Waals surface area contributed by atoms with Gasteiger partial charge < -0.3 is 5.11 Å². The molecule has 0 amide bonds. The number of fused-ring (bicyclic) bond motifs is 1. The highest BCUT2D eigenvalue weighted by Gasteiger charge is 2.22. The third-order valence-corrected chi connectivity index (χ3v) is 4.19. The minimum atomic E-state index is -1.01. The highest BCUT2D eigenvalue weighted by molar-refractivity contribution is 6.29. The van der Waals surface area contributed by atoms with Crippen LogP contribution in [0.15, 0.2) is 12.1 Å². The second kappa shape index (κ2) is 5.40. The first kappa shape index (κ1) is 13.4. The number of aryl methyl sites for hydroxylation is 1. The van der Waals surface area contributed by atoms with Crippen LogP contribution in [0.1, 0.15) is 48.3 Å². The van der Waals surface area contributed by atoms with Gasteiger partial charge in [-0.3, -0.25) is 0 Å². The van der Waals surface area contributed by atoms with Crippen LogP contribution in [-0.4, -0.2) is 25.7 Å². The summed E-state index contributed by atoms with van der Waals surface area (Å²) in [6.07, 6.45) is 6.77. The van der Waals surface area contributed by atoms with Crippen molar-refractivity contribution in [2.75, 3.05) is 0 Å². The smallest absolute Gasteiger partial charge is 0.356 e. The normalized spacial score (nSPS) is 16.1. The molecule has 0 radical (unpaired) electrons. The molecule has 0 bridgehead atoms. The number of carboxylic acid groups (broad SMARTS) is 1. The topological polar surface area (TPSA) is 67.5 Å². The van der Waals surface area contributed by atoms with Crippen LogP contribution in [0.2, 0.25) is 5.15 Å². The SMILES string of the molecule is O=C(O)c1c(CCC2CCCC2)nc2ccc(Cl)nn12. The lowest BCUT2D eigenvalue weighted by atomic mass is 10.00. The summed E-state index contributed by atoms with van der Waals surface area (Å²) in [6, 6.07) is 3.32. The Morgan fingerprint density at radius 2 is 2.15 bits per heavy atom. The van der Waals surface area contributed by atoms with Crippen LogP contribution in [0.3, 0.4) is 0 Å². The number of aromatic nitrogens is 3. The number of hydrogen-bond donors (Lipinski definition) is 1. The quantitative estimate of drug-likeness (QED) is 0.940. The van der Waals surface area contributed by atoms with Gasteiger partial charge in [0.05, 0.1) is 5.69 Å². The minimum Gasteiger partial charge on any atom is -0.476 e. The maximum Gasteiger partial charge on any atom is 0.356 e. The molecule has 0 aromatic carbocycles. The molecule has 6 heteroatoms. The van der Waals surface area contributed by atoms with Crippen molar-refractivity contribution in [3.63, 3.8) is 0 Å². The van der Waals surface area contributed by atoms with Crippen molar-refractivity contribution < 1.29 is 9.90 Å². The largest absolute Gasteiger partial charge is 0.476 e. The summed E-state index contributed by atoms with van der Waals surface area (Å²) in [4.78, 5) is 15.9. The van der Waals surface area contributed by atoms with E-state index in [9.17, 15) is 9.90 Å². The number of hydrogen-bond acceptors (Lipinski definition) is 3. The Hall–Kier alpha value is -1.62. The van der Waals surface area contributed by atoms with Crippen LogP contribution in [0.4, 0.5) is 0 Å². The second-order valence-corrected chi connectivity index (χ2v) is 5.71. The number of aromatic carboxylic acids is 1. The van der Waals surface area contributed by atoms with Crippen LogP contribution in [0.5, 0.6) is 0 Å². The number of nitrogens with zero attached hydrogens (tertiary/aromatic N) is 3. The van der Waals surface area contributed by atoms with E-state index in [0.717, 1.165) is 6.42 Å². The van der Waals surface area contributed by atoms with Gasteiger partial charge in [0.15, 0.2) is 11.3 Å². The van der Waals surface area contributed by atoms with Crippen LogP contribution < -0.4 is 0 Å². The molecule has 0 atom stereocenters. The fourth-order valence-electron chi connectivity index (χ4n) is 2.98. The van der Waals surface area contributed by atoms with Gasteiger partial charge in [-0.2, -0.15) is 5.10 Å². The molecule has 1 fully saturated rings. The fraction of sp³-hybridized carbons (Fsp3) is 0.500. The van der Waals surface area contributed by atoms with Crippen LogP contribution in [0, 0.1) is 5.92 Å². The van der Waals surface area contributed by atoms with Crippen molar-refractivity contribution >= 4 is 23.2 Å². The number of carboxylic acids is 1. The molecule has 1 saturated carbocycles. The lowest BCUT2D eigenvalue weighted by molar-refractivity contribution is 0.0686. The molecular weight excluding hydrogens is 278 g/mol. The summed E-state index contributed by atoms with van der Waals surface area (Å²) in [5, 5.41) is 13.7. The first-order valence-electron chi connectivity index (χ1n) is 6.92. The molecule has 3 rings (SSSR count). The molecule has 2 aromatic heterocycles. The Bertz CT molecular complexity index is 647. The van der Waals surface area contributed by atoms with Gasteiger partial charge in [-0.1, -0.05) is 37.3 Å². The summed E-state index contributed by atoms with van der Waals surface area (Å²) in [7, 11) is 0. The summed E-state index contributed by atoms with van der Waals surface area (Å²) < 4.78 is 1.33. The van der Waals surface area contributed by atoms with Gasteiger partial charge in [0.2, 0.25) is 0 Å². The molecule has 20 heavy (non-hydrogen) atoms. The molecule has 5 nitrogen and oxygen atoms in total. The van der Waals surface area contributed by atoms with Crippen molar-refractivity contribution in [3.8, 4) is 0 Å². The van der Waals surface area contributed by atoms with Gasteiger partial charge in [-0.15, -0.1) is 0 Å². The van der Waals surface area contributed by atoms with Crippen molar-refractivity contribution in [1.82, 2.24) is 14.6 Å². The molecule has 0 saturated heterocycles. The van der Waals surface area contributed by atoms with Crippen LogP contribution in [0.25, 0.3) is 5.65 Å². The minimum absolute atomic E-state index is 0.139. The van der Waals surface area contributed by atoms with Crippen LogP contribution >= 0.6 is 11.6 Å². The van der Waals surface area contributed by atoms with Gasteiger partial charge in [-0.25, -0.2) is 14.3 Å². The molecule has 1 aliphatic carbocycles. The molecule has 106 valence electrons. The van der Waals surface area contributed by atoms with Gasteiger partial charge in [0, 0.05) is 0 Å². The Morgan fingerprint density at radius 1 is 1.40 bits per heavy atom. The van der Waals surface area contributed by atoms with E-state index in [0.29, 0.717) is 23.7 Å². The first-order chi connectivity index (χ1) is 9.65. The van der Waals surface area contributed by atoms with Crippen molar-refractivity contribution in [2.45, 2.75) is 38.5 Å². The highest BCUT2D eigenvalue weighted by Crippen LogP contribution is 2.29. The van der Waals surface area contributed by atoms with Gasteiger partial charge in [-0.05, 0) is 30.9 Å². The molecule has 1 N–H and O–H groups in total. The van der Waals surface area contributed by atoms with E-state index in [1.54, 1.807) is 12.1 Å². The Labute approximate surface area is 121 Å². The predicted octanol–water partition coefficient (Wildman–Crippen LogP) is 3.20. The third-order valence-electron chi connectivity index (χ3n) is 3.98. The monoisotopic (exact) mass is 293 g/mol. The van der Waals surface area contributed by atoms with E-state index in [4.69, 9.17) is 11.6 Å². The van der Waals surface area contributed by atoms with Gasteiger partial charge in [0.25, 0.3) is 0 Å². The van der Waals surface area contributed by atoms with Crippen molar-refractivity contribution in [3.05, 3.63) is 28.7 Å². The first-order valence-corrected chi connectivity index (χ1v) is 7.30. The van der Waals surface area contributed by atoms with E-state index in [2.05, 4.69) is 10.1 Å². The summed E-state index contributed by atoms with van der Waals surface area (Å²) in [5.74, 6) is -0.299. The molecule has 2 aromatic rings. The Morgan fingerprint density at radius 3 is 2.85 bits per heavy atom. The molecular formula is C14H16ClN3O2. The standard InChI is InChI=1S/C14H16ClN3O2/c15-11-7-8-12-16-10(6-5-9-3-1-2-4-9)13(14(19)20)18(12)17-11/h7-9H,1-6H2,(H,19,20). The van der Waals surface area contributed by atoms with E-state index in [1.807, 2.05) is 0 Å². The zero-order valence-corrected chi connectivity index (χ0v) is 11.8. The average molecular weight is 294 g/mol. The molecule has 2 heterocycles. The third kappa shape index (κ3) is 2.50. The summed E-state index contributed by atoms with van der Waals surface area (Å²) in [6.45, 7) is 0. The molecule has 0 spiro atoms.